The van der Waals surface area contributed by atoms with Gasteiger partial charge in [-0.3, -0.25) is 0 Å². The summed E-state index contributed by atoms with van der Waals surface area (Å²) in [4.78, 5) is 13.2. The van der Waals surface area contributed by atoms with Crippen molar-refractivity contribution in [2.75, 3.05) is 19.8 Å². The molecule has 5 nitrogen and oxygen atoms in total. The predicted octanol–water partition coefficient (Wildman–Crippen LogP) is 3.02. The first-order chi connectivity index (χ1) is 10.6. The molecule has 0 spiro atoms. The Morgan fingerprint density at radius 1 is 0.773 bits per heavy atom. The molecule has 1 heterocycles. The van der Waals surface area contributed by atoms with Gasteiger partial charge >= 0.3 is 5.95 Å². The highest BCUT2D eigenvalue weighted by molar-refractivity contribution is 5.59. The number of hydrogen-bond acceptors (Lipinski definition) is 4. The van der Waals surface area contributed by atoms with Crippen LogP contribution in [0.5, 0.6) is 0 Å². The van der Waals surface area contributed by atoms with E-state index in [2.05, 4.69) is 15.0 Å². The monoisotopic (exact) mass is 292 g/mol. The number of nitrogen functional groups attached to an aromatic ring is 1. The van der Waals surface area contributed by atoms with E-state index in [4.69, 9.17) is 5.73 Å². The first kappa shape index (κ1) is 14.2. The molecule has 0 amide bonds. The lowest BCUT2D eigenvalue weighted by molar-refractivity contribution is 0.522. The van der Waals surface area contributed by atoms with E-state index in [1.807, 2.05) is 74.8 Å². The first-order valence-electron chi connectivity index (χ1n) is 7.04. The summed E-state index contributed by atoms with van der Waals surface area (Å²) in [5, 5.41) is 0. The minimum absolute atomic E-state index is 0.228. The number of anilines is 1. The van der Waals surface area contributed by atoms with E-state index in [1.165, 1.54) is 0 Å². The van der Waals surface area contributed by atoms with Crippen molar-refractivity contribution in [2.24, 2.45) is 0 Å². The molecule has 1 aromatic heterocycles. The Hall–Kier alpha value is -2.79. The summed E-state index contributed by atoms with van der Waals surface area (Å²) in [6.07, 6.45) is 0. The molecule has 0 atom stereocenters. The van der Waals surface area contributed by atoms with E-state index < -0.39 is 0 Å². The van der Waals surface area contributed by atoms with Crippen molar-refractivity contribution in [2.45, 2.75) is 0 Å². The van der Waals surface area contributed by atoms with Gasteiger partial charge in [-0.15, -0.1) is 4.98 Å². The van der Waals surface area contributed by atoms with Crippen LogP contribution in [0.3, 0.4) is 0 Å². The zero-order chi connectivity index (χ0) is 15.6. The number of nitrogens with two attached hydrogens (primary N) is 1. The third-order valence-electron chi connectivity index (χ3n) is 3.57. The largest absolute Gasteiger partial charge is 0.368 e. The minimum atomic E-state index is 0.228. The number of para-hydroxylation sites is 1. The maximum atomic E-state index is 5.90. The van der Waals surface area contributed by atoms with Crippen LogP contribution in [0.25, 0.3) is 11.4 Å². The van der Waals surface area contributed by atoms with Crippen molar-refractivity contribution in [1.82, 2.24) is 19.4 Å². The highest BCUT2D eigenvalue weighted by Gasteiger charge is 2.27. The molecule has 0 fully saturated rings. The Balaban J connectivity index is 2.10. The maximum absolute atomic E-state index is 5.90. The summed E-state index contributed by atoms with van der Waals surface area (Å²) in [5.74, 6) is 1.42. The van der Waals surface area contributed by atoms with E-state index >= 15 is 0 Å². The molecule has 110 valence electrons. The molecular formula is C17H18N5+. The molecule has 2 N–H and O–H groups in total. The van der Waals surface area contributed by atoms with Crippen molar-refractivity contribution >= 4 is 17.6 Å². The van der Waals surface area contributed by atoms with Crippen molar-refractivity contribution < 1.29 is 0 Å². The van der Waals surface area contributed by atoms with Crippen LogP contribution >= 0.6 is 0 Å². The highest BCUT2D eigenvalue weighted by atomic mass is 15.4. The standard InChI is InChI=1S/C17H18N5/c1-22(2,14-11-7-4-8-12-14)17-20-15(19-16(18)21-17)13-9-5-3-6-10-13/h3-12H,1-2H3,(H2,18,19,20,21)/q+1. The zero-order valence-electron chi connectivity index (χ0n) is 12.6. The van der Waals surface area contributed by atoms with Gasteiger partial charge in [0.15, 0.2) is 5.82 Å². The van der Waals surface area contributed by atoms with Crippen LogP contribution in [-0.4, -0.2) is 29.0 Å². The number of aromatic nitrogens is 3. The second kappa shape index (κ2) is 5.54. The lowest BCUT2D eigenvalue weighted by Gasteiger charge is -2.26. The summed E-state index contributed by atoms with van der Waals surface area (Å²) in [7, 11) is 4.05. The Morgan fingerprint density at radius 2 is 1.36 bits per heavy atom. The third-order valence-corrected chi connectivity index (χ3v) is 3.57. The molecule has 3 aromatic rings. The zero-order valence-corrected chi connectivity index (χ0v) is 12.6. The van der Waals surface area contributed by atoms with Crippen LogP contribution in [0.4, 0.5) is 17.6 Å². The van der Waals surface area contributed by atoms with Crippen LogP contribution in [0.1, 0.15) is 0 Å². The van der Waals surface area contributed by atoms with Crippen LogP contribution < -0.4 is 10.2 Å². The van der Waals surface area contributed by atoms with Crippen LogP contribution in [-0.2, 0) is 0 Å². The molecular weight excluding hydrogens is 274 g/mol. The molecule has 0 saturated carbocycles. The van der Waals surface area contributed by atoms with Gasteiger partial charge in [0, 0.05) is 5.56 Å². The van der Waals surface area contributed by atoms with E-state index in [-0.39, 0.29) is 5.95 Å². The number of benzene rings is 2. The Morgan fingerprint density at radius 3 is 2.00 bits per heavy atom. The van der Waals surface area contributed by atoms with Gasteiger partial charge < -0.3 is 5.73 Å². The van der Waals surface area contributed by atoms with Gasteiger partial charge in [0.1, 0.15) is 5.69 Å². The average Bonchev–Trinajstić information content (AvgIpc) is 2.56. The molecule has 5 heteroatoms. The predicted molar refractivity (Wildman–Crippen MR) is 89.4 cm³/mol. The summed E-state index contributed by atoms with van der Waals surface area (Å²) in [6.45, 7) is 0. The first-order valence-corrected chi connectivity index (χ1v) is 7.04. The second-order valence-corrected chi connectivity index (χ2v) is 5.47. The number of nitrogens with zero attached hydrogens (tertiary/aromatic N) is 4. The smallest absolute Gasteiger partial charge is 0.339 e. The van der Waals surface area contributed by atoms with Gasteiger partial charge in [-0.05, 0) is 12.1 Å². The third kappa shape index (κ3) is 2.66. The highest BCUT2D eigenvalue weighted by Crippen LogP contribution is 2.28. The van der Waals surface area contributed by atoms with Gasteiger partial charge in [-0.2, -0.15) is 9.97 Å². The molecule has 0 radical (unpaired) electrons. The lowest BCUT2D eigenvalue weighted by Crippen LogP contribution is -2.36. The molecule has 0 aliphatic carbocycles. The van der Waals surface area contributed by atoms with Crippen LogP contribution in [0.15, 0.2) is 60.7 Å². The Bertz CT molecular complexity index is 770. The van der Waals surface area contributed by atoms with Crippen molar-refractivity contribution in [3.8, 4) is 11.4 Å². The average molecular weight is 292 g/mol. The van der Waals surface area contributed by atoms with Crippen molar-refractivity contribution in [3.05, 3.63) is 60.7 Å². The fourth-order valence-corrected chi connectivity index (χ4v) is 2.26. The molecule has 0 aliphatic heterocycles. The van der Waals surface area contributed by atoms with E-state index in [1.54, 1.807) is 0 Å². The molecule has 22 heavy (non-hydrogen) atoms. The summed E-state index contributed by atoms with van der Waals surface area (Å²) >= 11 is 0. The second-order valence-electron chi connectivity index (χ2n) is 5.47. The van der Waals surface area contributed by atoms with Gasteiger partial charge in [0.2, 0.25) is 5.95 Å². The minimum Gasteiger partial charge on any atom is -0.368 e. The quantitative estimate of drug-likeness (QED) is 0.754. The van der Waals surface area contributed by atoms with E-state index in [9.17, 15) is 0 Å². The topological polar surface area (TPSA) is 64.7 Å². The summed E-state index contributed by atoms with van der Waals surface area (Å²) in [5.41, 5.74) is 7.90. The SMILES string of the molecule is C[N+](C)(c1ccccc1)c1nc(N)nc(-c2ccccc2)n1. The molecule has 3 rings (SSSR count). The van der Waals surface area contributed by atoms with Gasteiger partial charge in [-0.1, -0.05) is 48.5 Å². The lowest BCUT2D eigenvalue weighted by atomic mass is 10.2. The Kier molecular flexibility index (Phi) is 3.56. The van der Waals surface area contributed by atoms with Crippen LogP contribution in [0, 0.1) is 0 Å². The fraction of sp³-hybridized carbons (Fsp3) is 0.118. The number of hydrogen-bond donors (Lipinski definition) is 1. The van der Waals surface area contributed by atoms with Gasteiger partial charge in [-0.25, -0.2) is 4.48 Å². The summed E-state index contributed by atoms with van der Waals surface area (Å²) in [6, 6.07) is 19.8. The molecule has 0 bridgehead atoms. The molecule has 0 aliphatic rings. The molecule has 0 unspecified atom stereocenters. The normalized spacial score (nSPS) is 11.4. The van der Waals surface area contributed by atoms with Crippen molar-refractivity contribution in [3.63, 3.8) is 0 Å². The van der Waals surface area contributed by atoms with E-state index in [0.29, 0.717) is 16.3 Å². The van der Waals surface area contributed by atoms with Gasteiger partial charge in [0.05, 0.1) is 14.1 Å². The van der Waals surface area contributed by atoms with Crippen molar-refractivity contribution in [1.29, 1.82) is 0 Å². The van der Waals surface area contributed by atoms with Crippen LogP contribution in [0.2, 0.25) is 0 Å². The maximum Gasteiger partial charge on any atom is 0.339 e. The number of quaternary nitrogens is 1. The fourth-order valence-electron chi connectivity index (χ4n) is 2.26. The number of rotatable bonds is 3. The molecule has 2 aromatic carbocycles. The molecule has 0 saturated heterocycles. The van der Waals surface area contributed by atoms with E-state index in [0.717, 1.165) is 11.3 Å². The van der Waals surface area contributed by atoms with Gasteiger partial charge in [0.25, 0.3) is 0 Å². The summed E-state index contributed by atoms with van der Waals surface area (Å²) < 4.78 is 0.396. The Labute approximate surface area is 129 Å².